The van der Waals surface area contributed by atoms with Crippen LogP contribution in [0.15, 0.2) is 70.7 Å². The largest absolute Gasteiger partial charge is 0.493 e. The number of non-ortho nitro benzene ring substituents is 1. The molecule has 0 aliphatic carbocycles. The monoisotopic (exact) mass is 585 g/mol. The van der Waals surface area contributed by atoms with Crippen LogP contribution in [-0.2, 0) is 16.2 Å². The van der Waals surface area contributed by atoms with Crippen molar-refractivity contribution >= 4 is 62.8 Å². The van der Waals surface area contributed by atoms with E-state index in [-0.39, 0.29) is 23.6 Å². The molecule has 37 heavy (non-hydrogen) atoms. The lowest BCUT2D eigenvalue weighted by Gasteiger charge is -2.26. The second kappa shape index (κ2) is 10.8. The number of ether oxygens (including phenoxy) is 2. The smallest absolute Gasteiger partial charge is 0.335 e. The number of methoxy groups -OCH3 is 1. The Balaban J connectivity index is 1.60. The van der Waals surface area contributed by atoms with Gasteiger partial charge in [0.1, 0.15) is 12.2 Å². The minimum atomic E-state index is -0.874. The number of hydrogen-bond donors (Lipinski definition) is 1. The van der Waals surface area contributed by atoms with Gasteiger partial charge in [0.15, 0.2) is 11.5 Å². The van der Waals surface area contributed by atoms with Crippen molar-refractivity contribution in [2.24, 2.45) is 0 Å². The number of hydrogen-bond acceptors (Lipinski definition) is 7. The lowest BCUT2D eigenvalue weighted by molar-refractivity contribution is -0.384. The molecule has 4 rings (SSSR count). The number of rotatable bonds is 7. The van der Waals surface area contributed by atoms with Crippen molar-refractivity contribution < 1.29 is 28.8 Å². The molecular formula is C25H17BrClN3O7. The topological polar surface area (TPSA) is 128 Å². The predicted octanol–water partition coefficient (Wildman–Crippen LogP) is 5.26. The minimum Gasteiger partial charge on any atom is -0.493 e. The first-order chi connectivity index (χ1) is 17.7. The van der Waals surface area contributed by atoms with Crippen molar-refractivity contribution in [1.29, 1.82) is 0 Å². The number of halogens is 2. The second-order valence-corrected chi connectivity index (χ2v) is 8.96. The van der Waals surface area contributed by atoms with Gasteiger partial charge in [-0.15, -0.1) is 0 Å². The van der Waals surface area contributed by atoms with Gasteiger partial charge < -0.3 is 9.47 Å². The average Bonchev–Trinajstić information content (AvgIpc) is 2.87. The van der Waals surface area contributed by atoms with Gasteiger partial charge in [-0.25, -0.2) is 9.69 Å². The van der Waals surface area contributed by atoms with Crippen molar-refractivity contribution in [2.75, 3.05) is 12.0 Å². The van der Waals surface area contributed by atoms with Crippen LogP contribution in [0.3, 0.4) is 0 Å². The van der Waals surface area contributed by atoms with Crippen molar-refractivity contribution in [2.45, 2.75) is 6.61 Å². The standard InChI is InChI=1S/C25H17BrClN3O7/c1-36-21-11-15(20(26)12-22(21)37-13-14-2-6-18(7-3-14)30(34)35)10-19-23(31)28-25(33)29(24(19)32)17-8-4-16(27)5-9-17/h2-12H,13H2,1H3,(H,28,31,33)/b19-10+. The summed E-state index contributed by atoms with van der Waals surface area (Å²) in [6, 6.07) is 14.2. The van der Waals surface area contributed by atoms with Gasteiger partial charge in [0.05, 0.1) is 17.7 Å². The maximum atomic E-state index is 13.1. The Morgan fingerprint density at radius 2 is 1.73 bits per heavy atom. The van der Waals surface area contributed by atoms with E-state index in [0.29, 0.717) is 32.1 Å². The van der Waals surface area contributed by atoms with Gasteiger partial charge in [0.2, 0.25) is 0 Å². The molecule has 1 N–H and O–H groups in total. The van der Waals surface area contributed by atoms with Crippen LogP contribution < -0.4 is 19.7 Å². The van der Waals surface area contributed by atoms with Crippen LogP contribution in [0.5, 0.6) is 11.5 Å². The fraction of sp³-hybridized carbons (Fsp3) is 0.0800. The van der Waals surface area contributed by atoms with Gasteiger partial charge in [0, 0.05) is 21.6 Å². The van der Waals surface area contributed by atoms with E-state index in [0.717, 1.165) is 4.90 Å². The Hall–Kier alpha value is -4.22. The zero-order valence-corrected chi connectivity index (χ0v) is 21.4. The molecule has 12 heteroatoms. The first kappa shape index (κ1) is 25.9. The summed E-state index contributed by atoms with van der Waals surface area (Å²) < 4.78 is 11.7. The van der Waals surface area contributed by atoms with E-state index in [9.17, 15) is 24.5 Å². The van der Waals surface area contributed by atoms with Gasteiger partial charge in [-0.05, 0) is 65.7 Å². The maximum Gasteiger partial charge on any atom is 0.335 e. The highest BCUT2D eigenvalue weighted by Crippen LogP contribution is 2.36. The van der Waals surface area contributed by atoms with Crippen molar-refractivity contribution in [3.8, 4) is 11.5 Å². The maximum absolute atomic E-state index is 13.1. The quantitative estimate of drug-likeness (QED) is 0.173. The van der Waals surface area contributed by atoms with E-state index >= 15 is 0 Å². The summed E-state index contributed by atoms with van der Waals surface area (Å²) in [5.41, 5.74) is 1.07. The van der Waals surface area contributed by atoms with Gasteiger partial charge in [-0.3, -0.25) is 25.0 Å². The fourth-order valence-corrected chi connectivity index (χ4v) is 4.01. The average molecular weight is 587 g/mol. The Labute approximate surface area is 223 Å². The molecule has 3 aromatic carbocycles. The number of nitrogens with one attached hydrogen (secondary N) is 1. The molecule has 0 atom stereocenters. The fourth-order valence-electron chi connectivity index (χ4n) is 3.45. The molecule has 0 spiro atoms. The van der Waals surface area contributed by atoms with Crippen LogP contribution in [0.1, 0.15) is 11.1 Å². The van der Waals surface area contributed by atoms with Gasteiger partial charge in [0.25, 0.3) is 17.5 Å². The Morgan fingerprint density at radius 1 is 1.05 bits per heavy atom. The van der Waals surface area contributed by atoms with Crippen molar-refractivity contribution in [3.63, 3.8) is 0 Å². The van der Waals surface area contributed by atoms with Crippen LogP contribution in [-0.4, -0.2) is 29.9 Å². The third kappa shape index (κ3) is 5.63. The number of nitro benzene ring substituents is 1. The molecule has 1 fully saturated rings. The summed E-state index contributed by atoms with van der Waals surface area (Å²) in [5, 5.41) is 13.4. The molecule has 3 aromatic rings. The lowest BCUT2D eigenvalue weighted by Crippen LogP contribution is -2.54. The Morgan fingerprint density at radius 3 is 2.35 bits per heavy atom. The van der Waals surface area contributed by atoms with E-state index in [2.05, 4.69) is 21.2 Å². The van der Waals surface area contributed by atoms with E-state index in [1.165, 1.54) is 49.6 Å². The van der Waals surface area contributed by atoms with E-state index in [1.807, 2.05) is 0 Å². The van der Waals surface area contributed by atoms with Crippen LogP contribution in [0.4, 0.5) is 16.2 Å². The third-order valence-corrected chi connectivity index (χ3v) is 6.25. The van der Waals surface area contributed by atoms with E-state index < -0.39 is 22.8 Å². The second-order valence-electron chi connectivity index (χ2n) is 7.67. The summed E-state index contributed by atoms with van der Waals surface area (Å²) in [5.74, 6) is -0.983. The molecule has 1 aliphatic heterocycles. The Kier molecular flexibility index (Phi) is 7.55. The van der Waals surface area contributed by atoms with Gasteiger partial charge in [-0.2, -0.15) is 0 Å². The number of imide groups is 2. The number of nitrogens with zero attached hydrogens (tertiary/aromatic N) is 2. The molecule has 1 saturated heterocycles. The molecule has 0 saturated carbocycles. The molecule has 0 aromatic heterocycles. The molecule has 4 amide bonds. The van der Waals surface area contributed by atoms with Gasteiger partial charge in [-0.1, -0.05) is 27.5 Å². The minimum absolute atomic E-state index is 0.0286. The van der Waals surface area contributed by atoms with Crippen LogP contribution in [0.2, 0.25) is 5.02 Å². The number of carbonyl (C=O) groups is 3. The molecule has 1 heterocycles. The number of anilines is 1. The third-order valence-electron chi connectivity index (χ3n) is 5.31. The number of urea groups is 1. The van der Waals surface area contributed by atoms with E-state index in [1.54, 1.807) is 24.3 Å². The van der Waals surface area contributed by atoms with Crippen LogP contribution in [0, 0.1) is 10.1 Å². The molecule has 1 aliphatic rings. The SMILES string of the molecule is COc1cc(/C=C2\C(=O)NC(=O)N(c3ccc(Cl)cc3)C2=O)c(Br)cc1OCc1ccc([N+](=O)[O-])cc1. The summed E-state index contributed by atoms with van der Waals surface area (Å²) in [6.45, 7) is 0.111. The molecule has 188 valence electrons. The predicted molar refractivity (Wildman–Crippen MR) is 139 cm³/mol. The molecule has 0 bridgehead atoms. The highest BCUT2D eigenvalue weighted by atomic mass is 79.9. The first-order valence-corrected chi connectivity index (χ1v) is 11.8. The summed E-state index contributed by atoms with van der Waals surface area (Å²) in [6.07, 6.45) is 1.33. The van der Waals surface area contributed by atoms with Crippen LogP contribution in [0.25, 0.3) is 6.08 Å². The Bertz CT molecular complexity index is 1440. The molecule has 10 nitrogen and oxygen atoms in total. The summed E-state index contributed by atoms with van der Waals surface area (Å²) in [7, 11) is 1.43. The van der Waals surface area contributed by atoms with Crippen molar-refractivity contribution in [1.82, 2.24) is 5.32 Å². The summed E-state index contributed by atoms with van der Waals surface area (Å²) >= 11 is 9.31. The lowest BCUT2D eigenvalue weighted by atomic mass is 10.1. The normalized spacial score (nSPS) is 14.5. The highest BCUT2D eigenvalue weighted by Gasteiger charge is 2.37. The number of barbiturate groups is 1. The van der Waals surface area contributed by atoms with Gasteiger partial charge >= 0.3 is 6.03 Å². The zero-order chi connectivity index (χ0) is 26.7. The van der Waals surface area contributed by atoms with E-state index in [4.69, 9.17) is 21.1 Å². The summed E-state index contributed by atoms with van der Waals surface area (Å²) in [4.78, 5) is 49.2. The zero-order valence-electron chi connectivity index (χ0n) is 19.1. The molecule has 0 radical (unpaired) electrons. The number of amides is 4. The van der Waals surface area contributed by atoms with Crippen LogP contribution >= 0.6 is 27.5 Å². The van der Waals surface area contributed by atoms with Crippen molar-refractivity contribution in [3.05, 3.63) is 97.0 Å². The highest BCUT2D eigenvalue weighted by molar-refractivity contribution is 9.10. The molecule has 0 unspecified atom stereocenters. The molecular weight excluding hydrogens is 570 g/mol. The number of benzene rings is 3. The number of carbonyl (C=O) groups excluding carboxylic acids is 3. The number of nitro groups is 1. The first-order valence-electron chi connectivity index (χ1n) is 10.6.